The third kappa shape index (κ3) is 6.84. The lowest BCUT2D eigenvalue weighted by Crippen LogP contribution is -2.24. The van der Waals surface area contributed by atoms with Gasteiger partial charge in [-0.15, -0.1) is 0 Å². The Balaban J connectivity index is 2.05. The number of benzene rings is 1. The van der Waals surface area contributed by atoms with E-state index in [0.29, 0.717) is 19.4 Å². The van der Waals surface area contributed by atoms with Crippen molar-refractivity contribution >= 4 is 11.7 Å². The summed E-state index contributed by atoms with van der Waals surface area (Å²) in [7, 11) is 0. The zero-order valence-corrected chi connectivity index (χ0v) is 10.9. The monoisotopic (exact) mass is 247 g/mol. The van der Waals surface area contributed by atoms with Gasteiger partial charge in [-0.05, 0) is 31.7 Å². The maximum absolute atomic E-state index is 11.5. The summed E-state index contributed by atoms with van der Waals surface area (Å²) >= 11 is 0. The van der Waals surface area contributed by atoms with Gasteiger partial charge in [-0.3, -0.25) is 4.79 Å². The van der Waals surface area contributed by atoms with Gasteiger partial charge >= 0.3 is 0 Å². The zero-order chi connectivity index (χ0) is 13.2. The minimum atomic E-state index is 0.0782. The molecule has 0 saturated carbocycles. The van der Waals surface area contributed by atoms with Crippen molar-refractivity contribution in [2.45, 2.75) is 39.0 Å². The number of hydrogen-bond acceptors (Lipinski definition) is 2. The van der Waals surface area contributed by atoms with Crippen LogP contribution < -0.4 is 5.32 Å². The van der Waals surface area contributed by atoms with E-state index in [1.54, 1.807) is 6.92 Å². The summed E-state index contributed by atoms with van der Waals surface area (Å²) in [6.45, 7) is 2.17. The molecular formula is C15H21NO2. The van der Waals surface area contributed by atoms with Crippen molar-refractivity contribution in [1.82, 2.24) is 5.32 Å². The fraction of sp³-hybridized carbons (Fsp3) is 0.467. The van der Waals surface area contributed by atoms with Crippen LogP contribution in [0.2, 0.25) is 0 Å². The second-order valence-corrected chi connectivity index (χ2v) is 4.49. The molecule has 0 unspecified atom stereocenters. The molecule has 0 aliphatic heterocycles. The van der Waals surface area contributed by atoms with Gasteiger partial charge in [-0.2, -0.15) is 0 Å². The van der Waals surface area contributed by atoms with Crippen molar-refractivity contribution in [2.75, 3.05) is 6.54 Å². The first kappa shape index (κ1) is 14.4. The summed E-state index contributed by atoms with van der Waals surface area (Å²) in [5, 5.41) is 2.83. The van der Waals surface area contributed by atoms with E-state index in [1.165, 1.54) is 5.56 Å². The van der Waals surface area contributed by atoms with Gasteiger partial charge in [0.05, 0.1) is 0 Å². The molecule has 0 fully saturated rings. The third-order valence-electron chi connectivity index (χ3n) is 2.74. The summed E-state index contributed by atoms with van der Waals surface area (Å²) < 4.78 is 0. The van der Waals surface area contributed by atoms with Crippen molar-refractivity contribution in [2.24, 2.45) is 0 Å². The van der Waals surface area contributed by atoms with Crippen LogP contribution in [0.15, 0.2) is 30.3 Å². The minimum Gasteiger partial charge on any atom is -0.356 e. The Labute approximate surface area is 109 Å². The van der Waals surface area contributed by atoms with Crippen LogP contribution in [0.25, 0.3) is 0 Å². The SMILES string of the molecule is CC(=O)CCCNC(=O)CCCc1ccccc1. The molecule has 1 amide bonds. The molecular weight excluding hydrogens is 226 g/mol. The molecule has 0 bridgehead atoms. The van der Waals surface area contributed by atoms with Crippen molar-refractivity contribution in [3.05, 3.63) is 35.9 Å². The number of aryl methyl sites for hydroxylation is 1. The summed E-state index contributed by atoms with van der Waals surface area (Å²) in [5.74, 6) is 0.253. The molecule has 1 aromatic rings. The van der Waals surface area contributed by atoms with Crippen molar-refractivity contribution < 1.29 is 9.59 Å². The molecule has 0 heterocycles. The van der Waals surface area contributed by atoms with E-state index in [1.807, 2.05) is 18.2 Å². The molecule has 0 saturated heterocycles. The number of amides is 1. The Morgan fingerprint density at radius 2 is 1.78 bits per heavy atom. The predicted molar refractivity (Wildman–Crippen MR) is 72.3 cm³/mol. The number of nitrogens with one attached hydrogen (secondary N) is 1. The zero-order valence-electron chi connectivity index (χ0n) is 10.9. The van der Waals surface area contributed by atoms with Crippen LogP contribution in [0.5, 0.6) is 0 Å². The Morgan fingerprint density at radius 3 is 2.44 bits per heavy atom. The fourth-order valence-electron chi connectivity index (χ4n) is 1.75. The summed E-state index contributed by atoms with van der Waals surface area (Å²) in [4.78, 5) is 22.2. The molecule has 1 aromatic carbocycles. The van der Waals surface area contributed by atoms with E-state index < -0.39 is 0 Å². The second-order valence-electron chi connectivity index (χ2n) is 4.49. The van der Waals surface area contributed by atoms with Gasteiger partial charge in [-0.25, -0.2) is 0 Å². The van der Waals surface area contributed by atoms with Gasteiger partial charge in [-0.1, -0.05) is 30.3 Å². The largest absolute Gasteiger partial charge is 0.356 e. The van der Waals surface area contributed by atoms with E-state index >= 15 is 0 Å². The molecule has 0 radical (unpaired) electrons. The maximum Gasteiger partial charge on any atom is 0.220 e. The van der Waals surface area contributed by atoms with Crippen LogP contribution in [0.3, 0.4) is 0 Å². The van der Waals surface area contributed by atoms with Crippen LogP contribution in [0.4, 0.5) is 0 Å². The van der Waals surface area contributed by atoms with Gasteiger partial charge in [0.15, 0.2) is 0 Å². The average molecular weight is 247 g/mol. The molecule has 3 nitrogen and oxygen atoms in total. The van der Waals surface area contributed by atoms with Crippen LogP contribution in [-0.2, 0) is 16.0 Å². The van der Waals surface area contributed by atoms with E-state index in [-0.39, 0.29) is 11.7 Å². The number of hydrogen-bond donors (Lipinski definition) is 1. The Hall–Kier alpha value is -1.64. The molecule has 0 atom stereocenters. The quantitative estimate of drug-likeness (QED) is 0.717. The van der Waals surface area contributed by atoms with E-state index in [9.17, 15) is 9.59 Å². The van der Waals surface area contributed by atoms with Gasteiger partial charge in [0, 0.05) is 19.4 Å². The third-order valence-corrected chi connectivity index (χ3v) is 2.74. The summed E-state index contributed by atoms with van der Waals surface area (Å²) in [5.41, 5.74) is 1.27. The van der Waals surface area contributed by atoms with Gasteiger partial charge in [0.25, 0.3) is 0 Å². The Kier molecular flexibility index (Phi) is 6.77. The topological polar surface area (TPSA) is 46.2 Å². The number of carbonyl (C=O) groups is 2. The molecule has 0 aromatic heterocycles. The van der Waals surface area contributed by atoms with E-state index in [0.717, 1.165) is 19.3 Å². The van der Waals surface area contributed by atoms with Gasteiger partial charge in [0.2, 0.25) is 5.91 Å². The first-order valence-electron chi connectivity index (χ1n) is 6.48. The molecule has 0 spiro atoms. The highest BCUT2D eigenvalue weighted by Gasteiger charge is 2.01. The molecule has 18 heavy (non-hydrogen) atoms. The standard InChI is InChI=1S/C15H21NO2/c1-13(17)7-6-12-16-15(18)11-5-10-14-8-3-2-4-9-14/h2-4,8-9H,5-7,10-12H2,1H3,(H,16,18). The normalized spacial score (nSPS) is 10.1. The number of carbonyl (C=O) groups excluding carboxylic acids is 2. The molecule has 98 valence electrons. The average Bonchev–Trinajstić information content (AvgIpc) is 2.36. The maximum atomic E-state index is 11.5. The molecule has 1 N–H and O–H groups in total. The fourth-order valence-corrected chi connectivity index (χ4v) is 1.75. The van der Waals surface area contributed by atoms with Crippen LogP contribution in [0, 0.1) is 0 Å². The smallest absolute Gasteiger partial charge is 0.220 e. The van der Waals surface area contributed by atoms with E-state index in [2.05, 4.69) is 17.4 Å². The predicted octanol–water partition coefficient (Wildman–Crippen LogP) is 2.49. The van der Waals surface area contributed by atoms with Crippen molar-refractivity contribution in [3.8, 4) is 0 Å². The number of Topliss-reactive ketones (excluding diaryl/α,β-unsaturated/α-hetero) is 1. The lowest BCUT2D eigenvalue weighted by atomic mass is 10.1. The second kappa shape index (κ2) is 8.45. The molecule has 3 heteroatoms. The summed E-state index contributed by atoms with van der Waals surface area (Å²) in [6.07, 6.45) is 3.63. The summed E-state index contributed by atoms with van der Waals surface area (Å²) in [6, 6.07) is 10.2. The van der Waals surface area contributed by atoms with E-state index in [4.69, 9.17) is 0 Å². The highest BCUT2D eigenvalue weighted by Crippen LogP contribution is 2.04. The van der Waals surface area contributed by atoms with Crippen molar-refractivity contribution in [1.29, 1.82) is 0 Å². The van der Waals surface area contributed by atoms with Crippen LogP contribution >= 0.6 is 0 Å². The molecule has 1 rings (SSSR count). The highest BCUT2D eigenvalue weighted by molar-refractivity contribution is 5.76. The molecule has 0 aliphatic rings. The van der Waals surface area contributed by atoms with Gasteiger partial charge in [0.1, 0.15) is 5.78 Å². The lowest BCUT2D eigenvalue weighted by molar-refractivity contribution is -0.121. The number of ketones is 1. The molecule has 0 aliphatic carbocycles. The van der Waals surface area contributed by atoms with Gasteiger partial charge < -0.3 is 10.1 Å². The first-order chi connectivity index (χ1) is 8.68. The minimum absolute atomic E-state index is 0.0782. The Morgan fingerprint density at radius 1 is 1.06 bits per heavy atom. The van der Waals surface area contributed by atoms with Crippen molar-refractivity contribution in [3.63, 3.8) is 0 Å². The number of rotatable bonds is 8. The van der Waals surface area contributed by atoms with Crippen LogP contribution in [0.1, 0.15) is 38.2 Å². The van der Waals surface area contributed by atoms with Crippen LogP contribution in [-0.4, -0.2) is 18.2 Å². The highest BCUT2D eigenvalue weighted by atomic mass is 16.1. The lowest BCUT2D eigenvalue weighted by Gasteiger charge is -2.04. The Bertz CT molecular complexity index is 373. The first-order valence-corrected chi connectivity index (χ1v) is 6.48.